The van der Waals surface area contributed by atoms with E-state index in [2.05, 4.69) is 48.5 Å². The first-order chi connectivity index (χ1) is 47.7. The summed E-state index contributed by atoms with van der Waals surface area (Å²) in [5.74, 6) is 0.217. The average Bonchev–Trinajstić information content (AvgIpc) is 1.12. The molecule has 5 atom stereocenters. The Kier molecular flexibility index (Phi) is 69.0. The second-order valence-corrected chi connectivity index (χ2v) is 33.1. The number of hydrogen-bond acceptors (Lipinski definition) is 15. The maximum Gasteiger partial charge on any atom is 0.472 e. The van der Waals surface area contributed by atoms with Crippen molar-refractivity contribution in [1.29, 1.82) is 0 Å². The SMILES string of the molecule is CCCCCCCCCCCCCCCC(=O)O[C@H](COC(=O)CCCCCCCCCCC(C)C)COP(=O)(O)OC[C@H](O)COP(=O)(O)OC[C@@H](COC(=O)CCCCCCCCCCCCCCCCC(C)C)OC(=O)CCCCCCCCCCCCCCCCCC(C)C. The van der Waals surface area contributed by atoms with E-state index in [9.17, 15) is 43.2 Å². The minimum atomic E-state index is -4.96. The predicted octanol–water partition coefficient (Wildman–Crippen LogP) is 23.7. The van der Waals surface area contributed by atoms with Crippen LogP contribution in [0.1, 0.15) is 414 Å². The van der Waals surface area contributed by atoms with Crippen LogP contribution in [-0.2, 0) is 65.4 Å². The molecular weight excluding hydrogens is 1290 g/mol. The molecule has 0 fully saturated rings. The van der Waals surface area contributed by atoms with Gasteiger partial charge >= 0.3 is 39.5 Å². The molecule has 0 aromatic carbocycles. The minimum absolute atomic E-state index is 0.107. The van der Waals surface area contributed by atoms with Crippen LogP contribution in [0.25, 0.3) is 0 Å². The fourth-order valence-electron chi connectivity index (χ4n) is 12.3. The Morgan fingerprint density at radius 3 is 0.687 bits per heavy atom. The van der Waals surface area contributed by atoms with Crippen LogP contribution in [0.15, 0.2) is 0 Å². The fraction of sp³-hybridized carbons (Fsp3) is 0.950. The van der Waals surface area contributed by atoms with Crippen LogP contribution in [0.3, 0.4) is 0 Å². The van der Waals surface area contributed by atoms with Crippen LogP contribution in [0.2, 0.25) is 0 Å². The molecule has 0 spiro atoms. The average molecular weight is 1450 g/mol. The zero-order chi connectivity index (χ0) is 73.0. The summed E-state index contributed by atoms with van der Waals surface area (Å²) in [5.41, 5.74) is 0. The van der Waals surface area contributed by atoms with Crippen molar-refractivity contribution in [2.45, 2.75) is 433 Å². The van der Waals surface area contributed by atoms with Crippen molar-refractivity contribution < 1.29 is 80.2 Å². The van der Waals surface area contributed by atoms with E-state index in [1.807, 2.05) is 0 Å². The number of hydrogen-bond donors (Lipinski definition) is 3. The Bertz CT molecular complexity index is 1920. The Balaban J connectivity index is 5.25. The molecule has 0 aliphatic carbocycles. The van der Waals surface area contributed by atoms with Gasteiger partial charge in [-0.15, -0.1) is 0 Å². The van der Waals surface area contributed by atoms with Crippen molar-refractivity contribution in [2.75, 3.05) is 39.6 Å². The molecule has 0 amide bonds. The lowest BCUT2D eigenvalue weighted by Crippen LogP contribution is -2.30. The lowest BCUT2D eigenvalue weighted by atomic mass is 10.0. The Morgan fingerprint density at radius 1 is 0.273 bits per heavy atom. The highest BCUT2D eigenvalue weighted by Crippen LogP contribution is 2.45. The van der Waals surface area contributed by atoms with Crippen LogP contribution >= 0.6 is 15.6 Å². The molecule has 2 unspecified atom stereocenters. The number of aliphatic hydroxyl groups is 1. The lowest BCUT2D eigenvalue weighted by molar-refractivity contribution is -0.161. The number of phosphoric ester groups is 2. The number of aliphatic hydroxyl groups excluding tert-OH is 1. The van der Waals surface area contributed by atoms with Gasteiger partial charge < -0.3 is 33.8 Å². The maximum atomic E-state index is 13.1. The summed E-state index contributed by atoms with van der Waals surface area (Å²) in [7, 11) is -9.92. The molecule has 99 heavy (non-hydrogen) atoms. The summed E-state index contributed by atoms with van der Waals surface area (Å²) in [5, 5.41) is 10.6. The van der Waals surface area contributed by atoms with Gasteiger partial charge in [-0.1, -0.05) is 363 Å². The zero-order valence-electron chi connectivity index (χ0n) is 65.0. The van der Waals surface area contributed by atoms with Gasteiger partial charge in [0.05, 0.1) is 26.4 Å². The molecule has 0 heterocycles. The molecule has 0 aliphatic rings. The Labute approximate surface area is 607 Å². The van der Waals surface area contributed by atoms with Gasteiger partial charge in [0, 0.05) is 25.7 Å². The lowest BCUT2D eigenvalue weighted by Gasteiger charge is -2.21. The summed E-state index contributed by atoms with van der Waals surface area (Å²) >= 11 is 0. The number of rotatable bonds is 78. The first-order valence-electron chi connectivity index (χ1n) is 41.3. The van der Waals surface area contributed by atoms with E-state index < -0.39 is 97.5 Å². The van der Waals surface area contributed by atoms with Gasteiger partial charge in [0.2, 0.25) is 0 Å². The van der Waals surface area contributed by atoms with Crippen molar-refractivity contribution in [3.8, 4) is 0 Å². The monoisotopic (exact) mass is 1450 g/mol. The minimum Gasteiger partial charge on any atom is -0.462 e. The molecule has 0 bridgehead atoms. The highest BCUT2D eigenvalue weighted by molar-refractivity contribution is 7.47. The van der Waals surface area contributed by atoms with Gasteiger partial charge in [-0.05, 0) is 43.4 Å². The first kappa shape index (κ1) is 97.1. The summed E-state index contributed by atoms with van der Waals surface area (Å²) in [6, 6.07) is 0. The second kappa shape index (κ2) is 70.4. The molecule has 588 valence electrons. The van der Waals surface area contributed by atoms with Gasteiger partial charge in [0.15, 0.2) is 12.2 Å². The van der Waals surface area contributed by atoms with Crippen LogP contribution < -0.4 is 0 Å². The molecule has 0 saturated heterocycles. The molecule has 3 N–H and O–H groups in total. The van der Waals surface area contributed by atoms with Crippen molar-refractivity contribution in [2.24, 2.45) is 17.8 Å². The first-order valence-corrected chi connectivity index (χ1v) is 44.3. The van der Waals surface area contributed by atoms with Crippen molar-refractivity contribution in [3.63, 3.8) is 0 Å². The highest BCUT2D eigenvalue weighted by Gasteiger charge is 2.30. The van der Waals surface area contributed by atoms with Gasteiger partial charge in [-0.25, -0.2) is 9.13 Å². The van der Waals surface area contributed by atoms with Gasteiger partial charge in [0.1, 0.15) is 19.3 Å². The smallest absolute Gasteiger partial charge is 0.462 e. The Morgan fingerprint density at radius 2 is 0.465 bits per heavy atom. The number of phosphoric acid groups is 2. The van der Waals surface area contributed by atoms with E-state index in [0.717, 1.165) is 108 Å². The van der Waals surface area contributed by atoms with Gasteiger partial charge in [0.25, 0.3) is 0 Å². The number of ether oxygens (including phenoxy) is 4. The molecule has 19 heteroatoms. The summed E-state index contributed by atoms with van der Waals surface area (Å²) in [6.07, 6.45) is 58.2. The zero-order valence-corrected chi connectivity index (χ0v) is 66.8. The predicted molar refractivity (Wildman–Crippen MR) is 405 cm³/mol. The van der Waals surface area contributed by atoms with Crippen LogP contribution in [0, 0.1) is 17.8 Å². The standard InChI is InChI=1S/C80H156O17P2/c1-8-9-10-11-12-13-14-20-28-33-42-49-56-63-79(84)97-76(68-91-78(83)62-55-48-41-36-35-39-46-53-60-73(6)7)70-95-99(88,89)93-66-74(81)65-92-98(86,87)94-69-75(67-90-77(82)61-54-47-40-32-27-23-19-18-22-26-31-38-45-52-59-72(4)5)96-80(85)64-57-50-43-34-29-24-17-15-16-21-25-30-37-44-51-58-71(2)3/h71-76,81H,8-70H2,1-7H3,(H,86,87)(H,88,89)/t74-,75-,76-/m1/s1. The molecular formula is C80H156O17P2. The Hall–Kier alpha value is -1.94. The van der Waals surface area contributed by atoms with Gasteiger partial charge in [-0.3, -0.25) is 37.3 Å². The molecule has 17 nitrogen and oxygen atoms in total. The van der Waals surface area contributed by atoms with Crippen molar-refractivity contribution in [3.05, 3.63) is 0 Å². The molecule has 0 aliphatic heterocycles. The van der Waals surface area contributed by atoms with E-state index in [0.29, 0.717) is 25.7 Å². The third-order valence-electron chi connectivity index (χ3n) is 18.6. The maximum absolute atomic E-state index is 13.1. The quantitative estimate of drug-likeness (QED) is 0.0222. The largest absolute Gasteiger partial charge is 0.472 e. The summed E-state index contributed by atoms with van der Waals surface area (Å²) < 4.78 is 68.7. The molecule has 0 aromatic heterocycles. The number of carbonyl (C=O) groups is 4. The normalized spacial score (nSPS) is 14.0. The third-order valence-corrected chi connectivity index (χ3v) is 20.5. The molecule has 0 radical (unpaired) electrons. The van der Waals surface area contributed by atoms with Crippen LogP contribution in [0.4, 0.5) is 0 Å². The van der Waals surface area contributed by atoms with E-state index >= 15 is 0 Å². The van der Waals surface area contributed by atoms with Crippen molar-refractivity contribution >= 4 is 39.5 Å². The number of carbonyl (C=O) groups excluding carboxylic acids is 4. The van der Waals surface area contributed by atoms with Crippen molar-refractivity contribution in [1.82, 2.24) is 0 Å². The van der Waals surface area contributed by atoms with E-state index in [4.69, 9.17) is 37.0 Å². The molecule has 0 aromatic rings. The van der Waals surface area contributed by atoms with E-state index in [1.165, 1.54) is 225 Å². The number of unbranched alkanes of at least 4 members (excludes halogenated alkanes) is 46. The van der Waals surface area contributed by atoms with Crippen LogP contribution in [0.5, 0.6) is 0 Å². The third kappa shape index (κ3) is 74.1. The van der Waals surface area contributed by atoms with Crippen LogP contribution in [-0.4, -0.2) is 96.7 Å². The fourth-order valence-corrected chi connectivity index (χ4v) is 13.9. The second-order valence-electron chi connectivity index (χ2n) is 30.2. The number of esters is 4. The van der Waals surface area contributed by atoms with E-state index in [-0.39, 0.29) is 25.7 Å². The highest BCUT2D eigenvalue weighted by atomic mass is 31.2. The van der Waals surface area contributed by atoms with Gasteiger partial charge in [-0.2, -0.15) is 0 Å². The summed E-state index contributed by atoms with van der Waals surface area (Å²) in [4.78, 5) is 73.0. The van der Waals surface area contributed by atoms with E-state index in [1.54, 1.807) is 0 Å². The molecule has 0 rings (SSSR count). The summed E-state index contributed by atoms with van der Waals surface area (Å²) in [6.45, 7) is 12.0. The topological polar surface area (TPSA) is 237 Å². The molecule has 0 saturated carbocycles.